The normalized spacial score (nSPS) is 26.4. The van der Waals surface area contributed by atoms with Crippen molar-refractivity contribution >= 4 is 11.9 Å². The van der Waals surface area contributed by atoms with E-state index >= 15 is 0 Å². The van der Waals surface area contributed by atoms with Crippen molar-refractivity contribution < 1.29 is 73.8 Å². The minimum Gasteiger partial charge on any atom is -0.462 e. The van der Waals surface area contributed by atoms with Crippen molar-refractivity contribution in [3.63, 3.8) is 0 Å². The van der Waals surface area contributed by atoms with Crippen LogP contribution in [0.1, 0.15) is 200 Å². The summed E-state index contributed by atoms with van der Waals surface area (Å²) in [4.78, 5) is 25.7. The molecule has 0 aliphatic carbocycles. The summed E-state index contributed by atoms with van der Waals surface area (Å²) in [6.07, 6.45) is 19.6. The number of unbranched alkanes of at least 4 members (excludes halogenated alkanes) is 24. The van der Waals surface area contributed by atoms with Gasteiger partial charge in [-0.1, -0.05) is 161 Å². The van der Waals surface area contributed by atoms with Gasteiger partial charge in [0.05, 0.1) is 19.8 Å². The first-order chi connectivity index (χ1) is 31.5. The molecule has 7 N–H and O–H groups in total. The molecule has 2 aliphatic rings. The molecule has 0 aromatic carbocycles. The number of ether oxygens (including phenoxy) is 6. The Morgan fingerprint density at radius 2 is 0.877 bits per heavy atom. The molecule has 0 radical (unpaired) electrons. The van der Waals surface area contributed by atoms with Crippen LogP contribution in [0.2, 0.25) is 0 Å². The molecule has 15 heteroatoms. The predicted octanol–water partition coefficient (Wildman–Crippen LogP) is 6.99. The molecule has 0 aromatic heterocycles. The Labute approximate surface area is 390 Å². The second kappa shape index (κ2) is 38.1. The van der Waals surface area contributed by atoms with Gasteiger partial charge in [-0.05, 0) is 38.5 Å². The molecule has 0 aromatic rings. The Bertz CT molecular complexity index is 1190. The molecule has 0 saturated carbocycles. The van der Waals surface area contributed by atoms with Gasteiger partial charge in [-0.3, -0.25) is 9.59 Å². The molecule has 2 rings (SSSR count). The topological polar surface area (TPSA) is 231 Å². The van der Waals surface area contributed by atoms with E-state index in [1.54, 1.807) is 0 Å². The van der Waals surface area contributed by atoms with Gasteiger partial charge in [0.25, 0.3) is 0 Å². The van der Waals surface area contributed by atoms with Crippen LogP contribution < -0.4 is 0 Å². The van der Waals surface area contributed by atoms with Gasteiger partial charge in [-0.15, -0.1) is 0 Å². The van der Waals surface area contributed by atoms with Gasteiger partial charge < -0.3 is 64.2 Å². The van der Waals surface area contributed by atoms with E-state index < -0.39 is 92.7 Å². The van der Waals surface area contributed by atoms with Gasteiger partial charge in [0.15, 0.2) is 18.7 Å². The summed E-state index contributed by atoms with van der Waals surface area (Å²) in [5.41, 5.74) is 0. The monoisotopic (exact) mass is 933 g/mol. The van der Waals surface area contributed by atoms with E-state index in [1.807, 2.05) is 0 Å². The Hall–Kier alpha value is -1.76. The van der Waals surface area contributed by atoms with Crippen LogP contribution in [0.25, 0.3) is 0 Å². The van der Waals surface area contributed by atoms with Crippen LogP contribution in [0.4, 0.5) is 0 Å². The van der Waals surface area contributed by atoms with Crippen molar-refractivity contribution in [1.29, 1.82) is 0 Å². The Balaban J connectivity index is 1.79. The SMILES string of the molecule is CCCCC/C=C/CCCCCCCC(=O)O[C@@H](COC(=O)CCCCCCCCCCCCCCCCCCC)CO[C@@H]1O[C@H](CO[C@@H]2O[C@H](CO)[C@H](O)C(O)C2O)[C@H](O)C(O)C1O. The van der Waals surface area contributed by atoms with Crippen molar-refractivity contribution in [2.45, 2.75) is 268 Å². The van der Waals surface area contributed by atoms with E-state index in [9.17, 15) is 45.3 Å². The van der Waals surface area contributed by atoms with Crippen LogP contribution in [0.15, 0.2) is 12.2 Å². The lowest BCUT2D eigenvalue weighted by molar-refractivity contribution is -0.332. The molecular weight excluding hydrogens is 841 g/mol. The number of hydrogen-bond donors (Lipinski definition) is 7. The van der Waals surface area contributed by atoms with Crippen LogP contribution in [0.3, 0.4) is 0 Å². The van der Waals surface area contributed by atoms with Crippen LogP contribution >= 0.6 is 0 Å². The minimum absolute atomic E-state index is 0.159. The van der Waals surface area contributed by atoms with Crippen molar-refractivity contribution in [3.8, 4) is 0 Å². The highest BCUT2D eigenvalue weighted by Gasteiger charge is 2.47. The molecule has 0 spiro atoms. The third-order valence-electron chi connectivity index (χ3n) is 12.5. The second-order valence-electron chi connectivity index (χ2n) is 18.4. The fourth-order valence-electron chi connectivity index (χ4n) is 8.21. The van der Waals surface area contributed by atoms with E-state index in [2.05, 4.69) is 26.0 Å². The van der Waals surface area contributed by atoms with Crippen molar-refractivity contribution in [3.05, 3.63) is 12.2 Å². The maximum atomic E-state index is 13.0. The van der Waals surface area contributed by atoms with E-state index in [4.69, 9.17) is 28.4 Å². The Morgan fingerprint density at radius 3 is 1.38 bits per heavy atom. The lowest BCUT2D eigenvalue weighted by Gasteiger charge is -2.42. The molecule has 15 nitrogen and oxygen atoms in total. The predicted molar refractivity (Wildman–Crippen MR) is 248 cm³/mol. The highest BCUT2D eigenvalue weighted by Crippen LogP contribution is 2.26. The number of carbonyl (C=O) groups excluding carboxylic acids is 2. The number of aliphatic hydroxyl groups is 7. The quantitative estimate of drug-likeness (QED) is 0.0187. The van der Waals surface area contributed by atoms with Crippen molar-refractivity contribution in [2.24, 2.45) is 0 Å². The molecule has 4 unspecified atom stereocenters. The number of hydrogen-bond acceptors (Lipinski definition) is 15. The van der Waals surface area contributed by atoms with Gasteiger partial charge in [0, 0.05) is 12.8 Å². The van der Waals surface area contributed by atoms with E-state index in [0.29, 0.717) is 12.8 Å². The summed E-state index contributed by atoms with van der Waals surface area (Å²) in [6, 6.07) is 0. The zero-order chi connectivity index (χ0) is 47.5. The first kappa shape index (κ1) is 59.4. The lowest BCUT2D eigenvalue weighted by Crippen LogP contribution is -2.61. The number of esters is 2. The standard InChI is InChI=1S/C50H92O15/c1-3-5-7-9-11-13-15-17-18-19-20-21-23-24-26-28-30-32-41(52)60-35-38(63-42(53)33-31-29-27-25-22-16-14-12-10-8-6-4-2)36-61-49-48(59)46(57)44(55)40(65-49)37-62-50-47(58)45(56)43(54)39(34-51)64-50/h12,14,38-40,43-51,54-59H,3-11,13,15-37H2,1-2H3/b14-12+/t38-,39+,40+,43-,44-,45?,46?,47?,48?,49+,50+/m0/s1. The lowest BCUT2D eigenvalue weighted by atomic mass is 9.98. The van der Waals surface area contributed by atoms with Gasteiger partial charge in [-0.2, -0.15) is 0 Å². The summed E-state index contributed by atoms with van der Waals surface area (Å²) < 4.78 is 33.5. The Morgan fingerprint density at radius 1 is 0.477 bits per heavy atom. The van der Waals surface area contributed by atoms with E-state index in [0.717, 1.165) is 57.8 Å². The summed E-state index contributed by atoms with van der Waals surface area (Å²) in [7, 11) is 0. The summed E-state index contributed by atoms with van der Waals surface area (Å²) in [5.74, 6) is -0.926. The number of allylic oxidation sites excluding steroid dienone is 2. The molecule has 2 aliphatic heterocycles. The third-order valence-corrected chi connectivity index (χ3v) is 12.5. The average molecular weight is 933 g/mol. The molecule has 2 heterocycles. The molecule has 65 heavy (non-hydrogen) atoms. The number of rotatable bonds is 40. The average Bonchev–Trinajstić information content (AvgIpc) is 3.30. The summed E-state index contributed by atoms with van der Waals surface area (Å²) >= 11 is 0. The highest BCUT2D eigenvalue weighted by atomic mass is 16.7. The first-order valence-corrected chi connectivity index (χ1v) is 25.8. The van der Waals surface area contributed by atoms with Crippen LogP contribution in [0.5, 0.6) is 0 Å². The van der Waals surface area contributed by atoms with Crippen LogP contribution in [0, 0.1) is 0 Å². The van der Waals surface area contributed by atoms with Gasteiger partial charge in [0.1, 0.15) is 55.4 Å². The third kappa shape index (κ3) is 26.5. The Kier molecular flexibility index (Phi) is 34.8. The fourth-order valence-corrected chi connectivity index (χ4v) is 8.21. The molecule has 0 amide bonds. The minimum atomic E-state index is -1.76. The van der Waals surface area contributed by atoms with E-state index in [1.165, 1.54) is 103 Å². The van der Waals surface area contributed by atoms with Gasteiger partial charge in [-0.25, -0.2) is 0 Å². The maximum Gasteiger partial charge on any atom is 0.306 e. The number of aliphatic hydroxyl groups excluding tert-OH is 7. The van der Waals surface area contributed by atoms with Gasteiger partial charge >= 0.3 is 11.9 Å². The van der Waals surface area contributed by atoms with Crippen LogP contribution in [-0.2, 0) is 38.0 Å². The van der Waals surface area contributed by atoms with Gasteiger partial charge in [0.2, 0.25) is 0 Å². The fraction of sp³-hybridized carbons (Fsp3) is 0.920. The zero-order valence-corrected chi connectivity index (χ0v) is 40.2. The second-order valence-corrected chi connectivity index (χ2v) is 18.4. The first-order valence-electron chi connectivity index (χ1n) is 25.8. The molecule has 0 bridgehead atoms. The van der Waals surface area contributed by atoms with Crippen molar-refractivity contribution in [2.75, 3.05) is 26.4 Å². The molecule has 2 fully saturated rings. The largest absolute Gasteiger partial charge is 0.462 e. The maximum absolute atomic E-state index is 13.0. The molecule has 2 saturated heterocycles. The van der Waals surface area contributed by atoms with Crippen LogP contribution in [-0.4, -0.2) is 142 Å². The smallest absolute Gasteiger partial charge is 0.306 e. The highest BCUT2D eigenvalue weighted by molar-refractivity contribution is 5.70. The number of carbonyl (C=O) groups is 2. The summed E-state index contributed by atoms with van der Waals surface area (Å²) in [6.45, 7) is 2.57. The summed E-state index contributed by atoms with van der Waals surface area (Å²) in [5, 5.41) is 72.0. The van der Waals surface area contributed by atoms with E-state index in [-0.39, 0.29) is 26.1 Å². The zero-order valence-electron chi connectivity index (χ0n) is 40.2. The molecular formula is C50H92O15. The molecule has 11 atom stereocenters. The molecule has 382 valence electrons. The van der Waals surface area contributed by atoms with Crippen molar-refractivity contribution in [1.82, 2.24) is 0 Å².